The van der Waals surface area contributed by atoms with Gasteiger partial charge in [-0.1, -0.05) is 13.3 Å². The van der Waals surface area contributed by atoms with Gasteiger partial charge in [-0.25, -0.2) is 4.98 Å². The third-order valence-electron chi connectivity index (χ3n) is 3.45. The van der Waals surface area contributed by atoms with Crippen LogP contribution in [0.4, 0.5) is 0 Å². The highest BCUT2D eigenvalue weighted by Gasteiger charge is 2.19. The van der Waals surface area contributed by atoms with Gasteiger partial charge in [-0.05, 0) is 26.4 Å². The summed E-state index contributed by atoms with van der Waals surface area (Å²) < 4.78 is 5.67. The van der Waals surface area contributed by atoms with E-state index < -0.39 is 0 Å². The maximum atomic E-state index is 11.4. The van der Waals surface area contributed by atoms with Crippen molar-refractivity contribution >= 4 is 0 Å². The molecule has 0 spiro atoms. The minimum Gasteiger partial charge on any atom is -0.476 e. The highest BCUT2D eigenvalue weighted by atomic mass is 16.5. The van der Waals surface area contributed by atoms with Gasteiger partial charge in [0, 0.05) is 12.5 Å². The van der Waals surface area contributed by atoms with Crippen LogP contribution in [0.5, 0.6) is 5.88 Å². The van der Waals surface area contributed by atoms with Crippen molar-refractivity contribution in [2.24, 2.45) is 0 Å². The van der Waals surface area contributed by atoms with Crippen LogP contribution >= 0.6 is 0 Å². The molecule has 0 amide bonds. The van der Waals surface area contributed by atoms with Gasteiger partial charge < -0.3 is 14.6 Å². The molecule has 1 aromatic heterocycles. The van der Waals surface area contributed by atoms with Crippen molar-refractivity contribution in [2.45, 2.75) is 38.6 Å². The molecule has 1 unspecified atom stereocenters. The van der Waals surface area contributed by atoms with Crippen LogP contribution in [0.1, 0.15) is 32.0 Å². The van der Waals surface area contributed by atoms with Crippen LogP contribution in [-0.2, 0) is 6.42 Å². The van der Waals surface area contributed by atoms with E-state index in [0.29, 0.717) is 30.8 Å². The van der Waals surface area contributed by atoms with E-state index in [1.807, 2.05) is 6.92 Å². The van der Waals surface area contributed by atoms with Crippen molar-refractivity contribution in [2.75, 3.05) is 20.2 Å². The fourth-order valence-electron chi connectivity index (χ4n) is 2.26. The summed E-state index contributed by atoms with van der Waals surface area (Å²) >= 11 is 0. The van der Waals surface area contributed by atoms with E-state index >= 15 is 0 Å². The molecule has 18 heavy (non-hydrogen) atoms. The number of hydrogen-bond donors (Lipinski definition) is 1. The summed E-state index contributed by atoms with van der Waals surface area (Å²) in [7, 11) is 2.12. The zero-order valence-corrected chi connectivity index (χ0v) is 11.1. The molecule has 100 valence electrons. The normalized spacial score (nSPS) is 20.9. The summed E-state index contributed by atoms with van der Waals surface area (Å²) in [6.45, 7) is 3.68. The lowest BCUT2D eigenvalue weighted by Crippen LogP contribution is -2.40. The molecule has 1 aliphatic heterocycles. The third kappa shape index (κ3) is 3.32. The number of ether oxygens (including phenoxy) is 1. The van der Waals surface area contributed by atoms with Crippen molar-refractivity contribution in [3.63, 3.8) is 0 Å². The quantitative estimate of drug-likeness (QED) is 0.873. The number of nitrogens with one attached hydrogen (secondary N) is 1. The lowest BCUT2D eigenvalue weighted by atomic mass is 10.0. The molecule has 0 aromatic carbocycles. The molecule has 1 aliphatic rings. The maximum Gasteiger partial charge on any atom is 0.254 e. The third-order valence-corrected chi connectivity index (χ3v) is 3.45. The van der Waals surface area contributed by atoms with Gasteiger partial charge in [-0.15, -0.1) is 0 Å². The molecule has 2 heterocycles. The van der Waals surface area contributed by atoms with Crippen LogP contribution in [0.3, 0.4) is 0 Å². The van der Waals surface area contributed by atoms with Crippen molar-refractivity contribution in [3.05, 3.63) is 22.2 Å². The van der Waals surface area contributed by atoms with Gasteiger partial charge in [0.2, 0.25) is 5.88 Å². The number of aromatic amines is 1. The first-order chi connectivity index (χ1) is 8.69. The Morgan fingerprint density at radius 3 is 3.11 bits per heavy atom. The van der Waals surface area contributed by atoms with Crippen LogP contribution in [0.2, 0.25) is 0 Å². The molecule has 0 aliphatic carbocycles. The van der Waals surface area contributed by atoms with Crippen molar-refractivity contribution < 1.29 is 4.74 Å². The minimum atomic E-state index is -0.145. The summed E-state index contributed by atoms with van der Waals surface area (Å²) in [6, 6.07) is 1.85. The van der Waals surface area contributed by atoms with Crippen LogP contribution in [-0.4, -0.2) is 41.1 Å². The number of H-pyrrole nitrogens is 1. The number of aromatic nitrogens is 2. The Balaban J connectivity index is 1.97. The van der Waals surface area contributed by atoms with Crippen molar-refractivity contribution in [1.29, 1.82) is 0 Å². The van der Waals surface area contributed by atoms with Gasteiger partial charge in [-0.2, -0.15) is 0 Å². The summed E-state index contributed by atoms with van der Waals surface area (Å²) in [5.41, 5.74) is -0.145. The fourth-order valence-corrected chi connectivity index (χ4v) is 2.26. The SMILES string of the molecule is CCc1nc(OCC2CCCCN2C)cc(=O)[nH]1. The van der Waals surface area contributed by atoms with E-state index in [4.69, 9.17) is 4.74 Å². The van der Waals surface area contributed by atoms with Crippen molar-refractivity contribution in [3.8, 4) is 5.88 Å². The van der Waals surface area contributed by atoms with E-state index in [0.717, 1.165) is 13.0 Å². The smallest absolute Gasteiger partial charge is 0.254 e. The second kappa shape index (κ2) is 6.00. The molecule has 1 fully saturated rings. The van der Waals surface area contributed by atoms with E-state index in [9.17, 15) is 4.79 Å². The highest BCUT2D eigenvalue weighted by Crippen LogP contribution is 2.16. The number of likely N-dealkylation sites (tertiary alicyclic amines) is 1. The number of rotatable bonds is 4. The van der Waals surface area contributed by atoms with Gasteiger partial charge in [0.25, 0.3) is 5.56 Å². The Labute approximate surface area is 107 Å². The monoisotopic (exact) mass is 251 g/mol. The molecule has 0 bridgehead atoms. The molecular formula is C13H21N3O2. The van der Waals surface area contributed by atoms with Crippen molar-refractivity contribution in [1.82, 2.24) is 14.9 Å². The lowest BCUT2D eigenvalue weighted by Gasteiger charge is -2.31. The molecule has 1 N–H and O–H groups in total. The average Bonchev–Trinajstić information content (AvgIpc) is 2.37. The number of nitrogens with zero attached hydrogens (tertiary/aromatic N) is 2. The zero-order chi connectivity index (χ0) is 13.0. The summed E-state index contributed by atoms with van der Waals surface area (Å²) in [5.74, 6) is 1.11. The van der Waals surface area contributed by atoms with Gasteiger partial charge in [0.05, 0.1) is 6.07 Å². The van der Waals surface area contributed by atoms with E-state index in [-0.39, 0.29) is 5.56 Å². The number of piperidine rings is 1. The van der Waals surface area contributed by atoms with Crippen LogP contribution in [0, 0.1) is 0 Å². The fraction of sp³-hybridized carbons (Fsp3) is 0.692. The number of aryl methyl sites for hydroxylation is 1. The van der Waals surface area contributed by atoms with Gasteiger partial charge in [-0.3, -0.25) is 4.79 Å². The molecule has 2 rings (SSSR count). The van der Waals surface area contributed by atoms with Gasteiger partial charge in [0.15, 0.2) is 0 Å². The molecule has 5 nitrogen and oxygen atoms in total. The Bertz CT molecular complexity index is 444. The van der Waals surface area contributed by atoms with Gasteiger partial charge >= 0.3 is 0 Å². The van der Waals surface area contributed by atoms with E-state index in [1.54, 1.807) is 0 Å². The first kappa shape index (κ1) is 13.1. The van der Waals surface area contributed by atoms with Crippen LogP contribution < -0.4 is 10.3 Å². The van der Waals surface area contributed by atoms with E-state index in [1.165, 1.54) is 18.9 Å². The molecular weight excluding hydrogens is 230 g/mol. The molecule has 5 heteroatoms. The Morgan fingerprint density at radius 1 is 1.56 bits per heavy atom. The van der Waals surface area contributed by atoms with Crippen LogP contribution in [0.15, 0.2) is 10.9 Å². The lowest BCUT2D eigenvalue weighted by molar-refractivity contribution is 0.122. The van der Waals surface area contributed by atoms with Crippen LogP contribution in [0.25, 0.3) is 0 Å². The topological polar surface area (TPSA) is 58.2 Å². The van der Waals surface area contributed by atoms with Gasteiger partial charge in [0.1, 0.15) is 12.4 Å². The number of hydrogen-bond acceptors (Lipinski definition) is 4. The molecule has 0 radical (unpaired) electrons. The predicted octanol–water partition coefficient (Wildman–Crippen LogP) is 1.20. The number of likely N-dealkylation sites (N-methyl/N-ethyl adjacent to an activating group) is 1. The zero-order valence-electron chi connectivity index (χ0n) is 11.1. The highest BCUT2D eigenvalue weighted by molar-refractivity contribution is 5.09. The van der Waals surface area contributed by atoms with E-state index in [2.05, 4.69) is 21.9 Å². The predicted molar refractivity (Wildman–Crippen MR) is 70.0 cm³/mol. The molecule has 0 saturated carbocycles. The molecule has 1 saturated heterocycles. The first-order valence-electron chi connectivity index (χ1n) is 6.62. The Hall–Kier alpha value is -1.36. The Morgan fingerprint density at radius 2 is 2.39 bits per heavy atom. The Kier molecular flexibility index (Phi) is 4.36. The second-order valence-electron chi connectivity index (χ2n) is 4.83. The molecule has 1 aromatic rings. The summed E-state index contributed by atoms with van der Waals surface area (Å²) in [5, 5.41) is 0. The minimum absolute atomic E-state index is 0.145. The summed E-state index contributed by atoms with van der Waals surface area (Å²) in [4.78, 5) is 20.7. The molecule has 1 atom stereocenters. The average molecular weight is 251 g/mol. The summed E-state index contributed by atoms with van der Waals surface area (Å²) in [6.07, 6.45) is 4.37. The second-order valence-corrected chi connectivity index (χ2v) is 4.83. The first-order valence-corrected chi connectivity index (χ1v) is 6.62. The standard InChI is InChI=1S/C13H21N3O2/c1-3-11-14-12(17)8-13(15-11)18-9-10-6-4-5-7-16(10)2/h8,10H,3-7,9H2,1-2H3,(H,14,15,17). The largest absolute Gasteiger partial charge is 0.476 e. The maximum absolute atomic E-state index is 11.4.